The van der Waals surface area contributed by atoms with E-state index in [1.807, 2.05) is 0 Å². The molecule has 5 rings (SSSR count). The lowest BCUT2D eigenvalue weighted by atomic mass is 9.52. The van der Waals surface area contributed by atoms with E-state index in [4.69, 9.17) is 9.47 Å². The van der Waals surface area contributed by atoms with Gasteiger partial charge in [-0.3, -0.25) is 9.00 Å². The first-order chi connectivity index (χ1) is 22.3. The smallest absolute Gasteiger partial charge is 0.410 e. The monoisotopic (exact) mass is 719 g/mol. The molecule has 3 fully saturated rings. The maximum Gasteiger partial charge on any atom is 0.453 e. The normalized spacial score (nSPS) is 31.5. The summed E-state index contributed by atoms with van der Waals surface area (Å²) in [5.74, 6) is -5.95. The second-order valence-corrected chi connectivity index (χ2v) is 15.3. The van der Waals surface area contributed by atoms with Crippen molar-refractivity contribution >= 4 is 22.7 Å². The van der Waals surface area contributed by atoms with E-state index in [1.165, 1.54) is 0 Å². The molecule has 1 aliphatic heterocycles. The number of Topliss-reactive ketones (excluding diaryl/α,β-unsaturated/α-hetero) is 1. The summed E-state index contributed by atoms with van der Waals surface area (Å²) in [4.78, 5) is 26.6. The fourth-order valence-corrected chi connectivity index (χ4v) is 9.41. The maximum absolute atomic E-state index is 14.9. The highest BCUT2D eigenvalue weighted by Gasteiger charge is 2.60. The number of nitrogens with zero attached hydrogens (tertiary/aromatic N) is 1. The lowest BCUT2D eigenvalue weighted by Gasteiger charge is -2.51. The van der Waals surface area contributed by atoms with Crippen molar-refractivity contribution in [2.45, 2.75) is 94.8 Å². The quantitative estimate of drug-likeness (QED) is 0.247. The molecule has 8 atom stereocenters. The Kier molecular flexibility index (Phi) is 10.6. The number of halogens is 9. The molecule has 0 radical (unpaired) electrons. The summed E-state index contributed by atoms with van der Waals surface area (Å²) in [6.07, 6.45) is -14.6. The second-order valence-electron chi connectivity index (χ2n) is 13.6. The van der Waals surface area contributed by atoms with Gasteiger partial charge in [0.15, 0.2) is 18.1 Å². The summed E-state index contributed by atoms with van der Waals surface area (Å²) in [6, 6.07) is 5.01. The summed E-state index contributed by atoms with van der Waals surface area (Å²) in [5, 5.41) is 0. The Labute approximate surface area is 274 Å². The molecule has 1 aromatic rings. The summed E-state index contributed by atoms with van der Waals surface area (Å²) < 4.78 is 141. The van der Waals surface area contributed by atoms with Crippen LogP contribution in [0, 0.1) is 23.2 Å². The Balaban J connectivity index is 1.28. The van der Waals surface area contributed by atoms with E-state index >= 15 is 0 Å². The molecule has 1 heterocycles. The van der Waals surface area contributed by atoms with E-state index in [2.05, 4.69) is 0 Å². The molecule has 3 aliphatic carbocycles. The molecule has 1 saturated heterocycles. The number of morpholine rings is 1. The molecule has 2 saturated carbocycles. The standard InChI is InChI=1S/C32H38F9NO5S/c1-29-9-7-22-21-6-5-20(47-28(44)42-10-11-46-25(17-42)31(36,37)38)15-19(21)14-18(26(22)23(29)16-24(33)27(29)43)4-2-12-48(45)13-3-8-30(34,35)32(39,40)41/h5-6,15,18,22-26H,2-4,7-14,16-17H2,1H3/t18-,22-,23+,24?,25?,26-,29+,48?/m1/s1. The number of carbonyl (C=O) groups is 2. The number of ether oxygens (including phenoxy) is 2. The predicted octanol–water partition coefficient (Wildman–Crippen LogP) is 7.55. The van der Waals surface area contributed by atoms with Crippen molar-refractivity contribution in [2.24, 2.45) is 23.2 Å². The Hall–Kier alpha value is -2.36. The van der Waals surface area contributed by atoms with Crippen LogP contribution in [-0.2, 0) is 26.8 Å². The SMILES string of the molecule is C[C@]12CC[C@@H]3c4ccc(OC(=O)N5CCOC(C(F)(F)F)C5)cc4C[C@@H](CCCS(=O)CCCC(F)(F)C(F)(F)F)[C@H]3[C@@H]1CC(F)C2=O. The van der Waals surface area contributed by atoms with Crippen LogP contribution in [-0.4, -0.2) is 82.7 Å². The fraction of sp³-hybridized carbons (Fsp3) is 0.750. The van der Waals surface area contributed by atoms with Gasteiger partial charge in [-0.25, -0.2) is 9.18 Å². The molecular formula is C32H38F9NO5S. The second kappa shape index (κ2) is 13.7. The van der Waals surface area contributed by atoms with Gasteiger partial charge in [-0.15, -0.1) is 0 Å². The predicted molar refractivity (Wildman–Crippen MR) is 156 cm³/mol. The van der Waals surface area contributed by atoms with Crippen LogP contribution in [0.5, 0.6) is 5.75 Å². The number of rotatable bonds is 9. The van der Waals surface area contributed by atoms with E-state index in [9.17, 15) is 53.3 Å². The first-order valence-corrected chi connectivity index (χ1v) is 17.6. The van der Waals surface area contributed by atoms with E-state index in [-0.39, 0.29) is 60.5 Å². The van der Waals surface area contributed by atoms with Crippen molar-refractivity contribution < 1.29 is 62.8 Å². The van der Waals surface area contributed by atoms with Gasteiger partial charge in [0.25, 0.3) is 0 Å². The van der Waals surface area contributed by atoms with Gasteiger partial charge in [0.05, 0.1) is 13.2 Å². The maximum atomic E-state index is 14.9. The number of alkyl halides is 9. The molecule has 1 aromatic carbocycles. The molecule has 1 amide bonds. The first kappa shape index (κ1) is 36.9. The molecule has 4 aliphatic rings. The highest BCUT2D eigenvalue weighted by atomic mass is 32.2. The van der Waals surface area contributed by atoms with E-state index in [0.717, 1.165) is 16.0 Å². The number of hydrogen-bond donors (Lipinski definition) is 0. The lowest BCUT2D eigenvalue weighted by molar-refractivity contribution is -0.284. The van der Waals surface area contributed by atoms with Gasteiger partial charge in [0, 0.05) is 40.7 Å². The minimum Gasteiger partial charge on any atom is -0.410 e. The fourth-order valence-electron chi connectivity index (χ4n) is 8.25. The number of amides is 1. The van der Waals surface area contributed by atoms with Crippen LogP contribution in [0.15, 0.2) is 18.2 Å². The third-order valence-corrected chi connectivity index (χ3v) is 12.2. The number of fused-ring (bicyclic) bond motifs is 5. The van der Waals surface area contributed by atoms with Gasteiger partial charge in [-0.1, -0.05) is 13.0 Å². The number of ketones is 1. The number of benzene rings is 1. The largest absolute Gasteiger partial charge is 0.453 e. The summed E-state index contributed by atoms with van der Waals surface area (Å²) in [5.41, 5.74) is 0.928. The van der Waals surface area contributed by atoms with Crippen molar-refractivity contribution in [2.75, 3.05) is 31.2 Å². The summed E-state index contributed by atoms with van der Waals surface area (Å²) in [7, 11) is -1.64. The Bertz CT molecular complexity index is 1390. The van der Waals surface area contributed by atoms with Crippen molar-refractivity contribution in [3.8, 4) is 5.75 Å². The topological polar surface area (TPSA) is 72.9 Å². The summed E-state index contributed by atoms with van der Waals surface area (Å²) >= 11 is 0. The van der Waals surface area contributed by atoms with E-state index in [1.54, 1.807) is 25.1 Å². The van der Waals surface area contributed by atoms with Crippen LogP contribution < -0.4 is 4.74 Å². The van der Waals surface area contributed by atoms with Crippen LogP contribution in [0.3, 0.4) is 0 Å². The molecule has 48 heavy (non-hydrogen) atoms. The zero-order chi connectivity index (χ0) is 35.2. The Morgan fingerprint density at radius 2 is 1.81 bits per heavy atom. The summed E-state index contributed by atoms with van der Waals surface area (Å²) in [6.45, 7) is 0.704. The van der Waals surface area contributed by atoms with Gasteiger partial charge in [0.1, 0.15) is 5.75 Å². The number of carbonyl (C=O) groups excluding carboxylic acids is 2. The highest BCUT2D eigenvalue weighted by Crippen LogP contribution is 2.62. The third-order valence-electron chi connectivity index (χ3n) is 10.7. The lowest BCUT2D eigenvalue weighted by Crippen LogP contribution is -2.51. The average molecular weight is 720 g/mol. The van der Waals surface area contributed by atoms with Crippen molar-refractivity contribution in [3.05, 3.63) is 29.3 Å². The van der Waals surface area contributed by atoms with E-state index < -0.39 is 78.0 Å². The average Bonchev–Trinajstić information content (AvgIpc) is 3.23. The molecule has 0 bridgehead atoms. The minimum absolute atomic E-state index is 0.0680. The first-order valence-electron chi connectivity index (χ1n) is 16.1. The third kappa shape index (κ3) is 7.53. The van der Waals surface area contributed by atoms with Crippen molar-refractivity contribution in [1.29, 1.82) is 0 Å². The van der Waals surface area contributed by atoms with Crippen LogP contribution in [0.4, 0.5) is 44.3 Å². The Morgan fingerprint density at radius 1 is 1.10 bits per heavy atom. The van der Waals surface area contributed by atoms with Crippen molar-refractivity contribution in [3.63, 3.8) is 0 Å². The molecular weight excluding hydrogens is 681 g/mol. The van der Waals surface area contributed by atoms with Gasteiger partial charge in [-0.2, -0.15) is 35.1 Å². The van der Waals surface area contributed by atoms with Gasteiger partial charge < -0.3 is 14.4 Å². The van der Waals surface area contributed by atoms with Crippen LogP contribution in [0.25, 0.3) is 0 Å². The molecule has 0 spiro atoms. The molecule has 6 nitrogen and oxygen atoms in total. The highest BCUT2D eigenvalue weighted by molar-refractivity contribution is 7.84. The minimum atomic E-state index is -5.67. The zero-order valence-corrected chi connectivity index (χ0v) is 27.0. The molecule has 0 N–H and O–H groups in total. The van der Waals surface area contributed by atoms with Gasteiger partial charge in [-0.05, 0) is 91.9 Å². The van der Waals surface area contributed by atoms with Gasteiger partial charge in [0.2, 0.25) is 0 Å². The molecule has 0 aromatic heterocycles. The van der Waals surface area contributed by atoms with Crippen LogP contribution in [0.1, 0.15) is 68.9 Å². The van der Waals surface area contributed by atoms with Gasteiger partial charge >= 0.3 is 24.4 Å². The Morgan fingerprint density at radius 3 is 2.50 bits per heavy atom. The van der Waals surface area contributed by atoms with Crippen LogP contribution >= 0.6 is 0 Å². The molecule has 16 heteroatoms. The zero-order valence-electron chi connectivity index (χ0n) is 26.2. The van der Waals surface area contributed by atoms with Crippen LogP contribution in [0.2, 0.25) is 0 Å². The number of hydrogen-bond acceptors (Lipinski definition) is 5. The van der Waals surface area contributed by atoms with Crippen molar-refractivity contribution in [1.82, 2.24) is 4.90 Å². The van der Waals surface area contributed by atoms with E-state index in [0.29, 0.717) is 32.1 Å². The molecule has 270 valence electrons. The molecule has 3 unspecified atom stereocenters.